The molecule has 5 heteroatoms. The van der Waals surface area contributed by atoms with Gasteiger partial charge in [0.15, 0.2) is 5.82 Å². The van der Waals surface area contributed by atoms with Crippen LogP contribution in [0.3, 0.4) is 0 Å². The molecule has 3 aromatic rings. The highest BCUT2D eigenvalue weighted by molar-refractivity contribution is 6.30. The molecule has 0 aliphatic rings. The number of benzene rings is 2. The summed E-state index contributed by atoms with van der Waals surface area (Å²) >= 11 is 5.95. The number of halogens is 1. The molecule has 0 saturated carbocycles. The van der Waals surface area contributed by atoms with Crippen molar-refractivity contribution < 1.29 is 4.74 Å². The summed E-state index contributed by atoms with van der Waals surface area (Å²) in [5.74, 6) is 2.33. The van der Waals surface area contributed by atoms with Crippen LogP contribution in [0.1, 0.15) is 25.2 Å². The molecule has 0 aliphatic heterocycles. The number of anilines is 1. The standard InChI is InChI=1S/C21H22ClN3O/c1-4-25(5-2)21-17-7-6-8-18(26-3)20(17)23-19(24-21)14-11-15-9-12-16(22)13-10-15/h6-14H,4-5H2,1-3H3. The summed E-state index contributed by atoms with van der Waals surface area (Å²) in [5, 5.41) is 1.72. The summed E-state index contributed by atoms with van der Waals surface area (Å²) in [4.78, 5) is 11.7. The third-order valence-corrected chi connectivity index (χ3v) is 4.52. The van der Waals surface area contributed by atoms with Gasteiger partial charge in [-0.2, -0.15) is 0 Å². The van der Waals surface area contributed by atoms with Crippen LogP contribution >= 0.6 is 11.6 Å². The van der Waals surface area contributed by atoms with Crippen molar-refractivity contribution in [2.45, 2.75) is 13.8 Å². The van der Waals surface area contributed by atoms with Gasteiger partial charge >= 0.3 is 0 Å². The Hall–Kier alpha value is -2.59. The fourth-order valence-corrected chi connectivity index (χ4v) is 3.00. The van der Waals surface area contributed by atoms with E-state index in [1.54, 1.807) is 7.11 Å². The first-order valence-corrected chi connectivity index (χ1v) is 9.07. The van der Waals surface area contributed by atoms with Crippen molar-refractivity contribution in [2.24, 2.45) is 0 Å². The number of nitrogens with zero attached hydrogens (tertiary/aromatic N) is 3. The topological polar surface area (TPSA) is 38.2 Å². The predicted octanol–water partition coefficient (Wildman–Crippen LogP) is 5.31. The molecule has 0 unspecified atom stereocenters. The van der Waals surface area contributed by atoms with E-state index in [1.807, 2.05) is 54.6 Å². The van der Waals surface area contributed by atoms with Crippen LogP contribution < -0.4 is 9.64 Å². The van der Waals surface area contributed by atoms with Crippen LogP contribution in [0.25, 0.3) is 23.1 Å². The quantitative estimate of drug-likeness (QED) is 0.591. The maximum atomic E-state index is 5.95. The number of rotatable bonds is 6. The smallest absolute Gasteiger partial charge is 0.155 e. The highest BCUT2D eigenvalue weighted by Gasteiger charge is 2.14. The Morgan fingerprint density at radius 1 is 1.00 bits per heavy atom. The highest BCUT2D eigenvalue weighted by atomic mass is 35.5. The van der Waals surface area contributed by atoms with Crippen molar-refractivity contribution in [3.63, 3.8) is 0 Å². The van der Waals surface area contributed by atoms with Crippen LogP contribution in [-0.2, 0) is 0 Å². The third kappa shape index (κ3) is 3.81. The SMILES string of the molecule is CCN(CC)c1nc(C=Cc2ccc(Cl)cc2)nc2c(OC)cccc12. The van der Waals surface area contributed by atoms with Crippen molar-refractivity contribution in [3.8, 4) is 5.75 Å². The molecule has 1 aromatic heterocycles. The Bertz CT molecular complexity index is 918. The highest BCUT2D eigenvalue weighted by Crippen LogP contribution is 2.30. The first kappa shape index (κ1) is 18.2. The lowest BCUT2D eigenvalue weighted by Crippen LogP contribution is -2.23. The minimum absolute atomic E-state index is 0.652. The Balaban J connectivity index is 2.11. The van der Waals surface area contributed by atoms with Crippen molar-refractivity contribution in [1.29, 1.82) is 0 Å². The predicted molar refractivity (Wildman–Crippen MR) is 110 cm³/mol. The van der Waals surface area contributed by atoms with Crippen molar-refractivity contribution >= 4 is 40.5 Å². The van der Waals surface area contributed by atoms with Gasteiger partial charge in [0, 0.05) is 23.5 Å². The summed E-state index contributed by atoms with van der Waals surface area (Å²) < 4.78 is 5.51. The van der Waals surface area contributed by atoms with E-state index in [-0.39, 0.29) is 0 Å². The second-order valence-corrected chi connectivity index (χ2v) is 6.26. The molecule has 0 saturated heterocycles. The molecule has 0 N–H and O–H groups in total. The largest absolute Gasteiger partial charge is 0.494 e. The number of para-hydroxylation sites is 1. The lowest BCUT2D eigenvalue weighted by molar-refractivity contribution is 0.419. The first-order chi connectivity index (χ1) is 12.7. The van der Waals surface area contributed by atoms with Crippen LogP contribution in [0.15, 0.2) is 42.5 Å². The average molecular weight is 368 g/mol. The van der Waals surface area contributed by atoms with Gasteiger partial charge in [-0.15, -0.1) is 0 Å². The molecule has 134 valence electrons. The minimum Gasteiger partial charge on any atom is -0.494 e. The van der Waals surface area contributed by atoms with Gasteiger partial charge < -0.3 is 9.64 Å². The van der Waals surface area contributed by atoms with E-state index in [0.29, 0.717) is 5.82 Å². The Labute approximate surface area is 159 Å². The maximum absolute atomic E-state index is 5.95. The molecular formula is C21H22ClN3O. The lowest BCUT2D eigenvalue weighted by Gasteiger charge is -2.22. The van der Waals surface area contributed by atoms with Gasteiger partial charge in [0.1, 0.15) is 17.1 Å². The van der Waals surface area contributed by atoms with Gasteiger partial charge in [-0.25, -0.2) is 9.97 Å². The molecule has 0 fully saturated rings. The molecule has 0 spiro atoms. The zero-order chi connectivity index (χ0) is 18.5. The molecule has 0 radical (unpaired) electrons. The monoisotopic (exact) mass is 367 g/mol. The molecule has 1 heterocycles. The molecule has 2 aromatic carbocycles. The van der Waals surface area contributed by atoms with Gasteiger partial charge in [-0.1, -0.05) is 35.9 Å². The summed E-state index contributed by atoms with van der Waals surface area (Å²) in [6.07, 6.45) is 3.90. The number of aromatic nitrogens is 2. The zero-order valence-electron chi connectivity index (χ0n) is 15.2. The van der Waals surface area contributed by atoms with Gasteiger partial charge in [-0.3, -0.25) is 0 Å². The number of hydrogen-bond acceptors (Lipinski definition) is 4. The second-order valence-electron chi connectivity index (χ2n) is 5.82. The number of fused-ring (bicyclic) bond motifs is 1. The number of hydrogen-bond donors (Lipinski definition) is 0. The van der Waals surface area contributed by atoms with E-state index in [0.717, 1.165) is 46.1 Å². The Kier molecular flexibility index (Phi) is 5.74. The average Bonchev–Trinajstić information content (AvgIpc) is 2.68. The molecule has 0 bridgehead atoms. The Morgan fingerprint density at radius 2 is 1.73 bits per heavy atom. The number of methoxy groups -OCH3 is 1. The molecule has 4 nitrogen and oxygen atoms in total. The van der Waals surface area contributed by atoms with Crippen molar-refractivity contribution in [1.82, 2.24) is 9.97 Å². The van der Waals surface area contributed by atoms with E-state index in [1.165, 1.54) is 0 Å². The minimum atomic E-state index is 0.652. The van der Waals surface area contributed by atoms with E-state index in [9.17, 15) is 0 Å². The molecule has 0 amide bonds. The normalized spacial score (nSPS) is 11.2. The van der Waals surface area contributed by atoms with Crippen LogP contribution in [0.5, 0.6) is 5.75 Å². The Morgan fingerprint density at radius 3 is 2.38 bits per heavy atom. The van der Waals surface area contributed by atoms with Crippen molar-refractivity contribution in [3.05, 3.63) is 58.9 Å². The van der Waals surface area contributed by atoms with E-state index in [4.69, 9.17) is 26.3 Å². The summed E-state index contributed by atoms with van der Waals surface area (Å²) in [7, 11) is 1.66. The van der Waals surface area contributed by atoms with Crippen LogP contribution in [0.4, 0.5) is 5.82 Å². The van der Waals surface area contributed by atoms with E-state index >= 15 is 0 Å². The third-order valence-electron chi connectivity index (χ3n) is 4.26. The van der Waals surface area contributed by atoms with Crippen molar-refractivity contribution in [2.75, 3.05) is 25.1 Å². The van der Waals surface area contributed by atoms with Crippen LogP contribution in [0.2, 0.25) is 5.02 Å². The molecule has 0 aliphatic carbocycles. The summed E-state index contributed by atoms with van der Waals surface area (Å²) in [6.45, 7) is 6.00. The van der Waals surface area contributed by atoms with Gasteiger partial charge in [0.2, 0.25) is 0 Å². The summed E-state index contributed by atoms with van der Waals surface area (Å²) in [5.41, 5.74) is 1.87. The molecule has 26 heavy (non-hydrogen) atoms. The maximum Gasteiger partial charge on any atom is 0.155 e. The lowest BCUT2D eigenvalue weighted by atomic mass is 10.2. The second kappa shape index (κ2) is 8.19. The molecule has 3 rings (SSSR count). The van der Waals surface area contributed by atoms with E-state index in [2.05, 4.69) is 18.7 Å². The molecular weight excluding hydrogens is 346 g/mol. The fraction of sp³-hybridized carbons (Fsp3) is 0.238. The van der Waals surface area contributed by atoms with Gasteiger partial charge in [0.05, 0.1) is 7.11 Å². The van der Waals surface area contributed by atoms with Gasteiger partial charge in [-0.05, 0) is 49.8 Å². The van der Waals surface area contributed by atoms with Gasteiger partial charge in [0.25, 0.3) is 0 Å². The fourth-order valence-electron chi connectivity index (χ4n) is 2.87. The van der Waals surface area contributed by atoms with Crippen LogP contribution in [0, 0.1) is 0 Å². The van der Waals surface area contributed by atoms with Crippen LogP contribution in [-0.4, -0.2) is 30.2 Å². The molecule has 0 atom stereocenters. The first-order valence-electron chi connectivity index (χ1n) is 8.69. The zero-order valence-corrected chi connectivity index (χ0v) is 16.0. The number of ether oxygens (including phenoxy) is 1. The summed E-state index contributed by atoms with van der Waals surface area (Å²) in [6, 6.07) is 13.6. The van der Waals surface area contributed by atoms with E-state index < -0.39 is 0 Å².